The molecule has 19 heteroatoms. The van der Waals surface area contributed by atoms with Crippen molar-refractivity contribution in [3.05, 3.63) is 103 Å². The van der Waals surface area contributed by atoms with Crippen molar-refractivity contribution in [2.75, 3.05) is 13.2 Å². The van der Waals surface area contributed by atoms with Crippen molar-refractivity contribution in [2.45, 2.75) is 51.9 Å². The number of benzene rings is 4. The lowest BCUT2D eigenvalue weighted by Gasteiger charge is -2.22. The molecule has 0 unspecified atom stereocenters. The number of halogens is 6. The van der Waals surface area contributed by atoms with Gasteiger partial charge in [-0.1, -0.05) is 26.0 Å². The first-order valence-electron chi connectivity index (χ1n) is 16.2. The van der Waals surface area contributed by atoms with E-state index in [2.05, 4.69) is 0 Å². The molecule has 0 aliphatic rings. The molecule has 13 nitrogen and oxygen atoms in total. The molecular weight excluding hydrogens is 750 g/mol. The van der Waals surface area contributed by atoms with E-state index in [4.69, 9.17) is 14.2 Å². The van der Waals surface area contributed by atoms with E-state index in [1.807, 2.05) is 0 Å². The van der Waals surface area contributed by atoms with Gasteiger partial charge in [-0.2, -0.15) is 26.3 Å². The van der Waals surface area contributed by atoms with Crippen LogP contribution in [0, 0.1) is 20.2 Å². The number of nitrogens with zero attached hydrogens (tertiary/aromatic N) is 2. The standard InChI is InChI=1S/C36H30F6N2O11/c1-3-19-17-21(35(37,38)39)5-7-23(19)31-27(11-9-25(43(49)50)33(31)53-15-13-29(45)46)55-28-12-10-26(44(51)52)34(54-16-14-30(47)48)32(28)24-8-6-22(36(40,41)42)18-20(24)4-2/h5-12,17-18H,3-4,13-16H2,1-2H3,(H,45,46)(H,47,48). The van der Waals surface area contributed by atoms with E-state index in [1.54, 1.807) is 0 Å². The summed E-state index contributed by atoms with van der Waals surface area (Å²) in [6.07, 6.45) is -11.1. The minimum atomic E-state index is -4.80. The highest BCUT2D eigenvalue weighted by Gasteiger charge is 2.35. The van der Waals surface area contributed by atoms with Gasteiger partial charge in [0.2, 0.25) is 11.5 Å². The molecular formula is C36H30F6N2O11. The second-order valence-electron chi connectivity index (χ2n) is 11.6. The summed E-state index contributed by atoms with van der Waals surface area (Å²) in [5, 5.41) is 42.9. The number of carboxylic acids is 2. The zero-order valence-corrected chi connectivity index (χ0v) is 28.7. The van der Waals surface area contributed by atoms with Crippen molar-refractivity contribution < 1.29 is 70.2 Å². The van der Waals surface area contributed by atoms with E-state index in [0.717, 1.165) is 48.5 Å². The largest absolute Gasteiger partial charge is 0.486 e. The van der Waals surface area contributed by atoms with E-state index in [9.17, 15) is 66.4 Å². The molecule has 0 heterocycles. The number of rotatable bonds is 16. The molecule has 4 aromatic carbocycles. The molecule has 0 saturated heterocycles. The molecule has 0 bridgehead atoms. The van der Waals surface area contributed by atoms with Crippen LogP contribution in [0.15, 0.2) is 60.7 Å². The van der Waals surface area contributed by atoms with E-state index < -0.39 is 94.2 Å². The van der Waals surface area contributed by atoms with Crippen LogP contribution < -0.4 is 14.2 Å². The smallest absolute Gasteiger partial charge is 0.416 e. The Bertz CT molecular complexity index is 1990. The molecule has 0 amide bonds. The highest BCUT2D eigenvalue weighted by molar-refractivity contribution is 5.87. The molecule has 0 spiro atoms. The number of aryl methyl sites for hydroxylation is 2. The summed E-state index contributed by atoms with van der Waals surface area (Å²) in [4.78, 5) is 45.3. The normalized spacial score (nSPS) is 11.6. The van der Waals surface area contributed by atoms with Gasteiger partial charge in [0.15, 0.2) is 0 Å². The van der Waals surface area contributed by atoms with Gasteiger partial charge in [0.1, 0.15) is 11.5 Å². The fraction of sp³-hybridized carbons (Fsp3) is 0.278. The lowest BCUT2D eigenvalue weighted by atomic mass is 9.93. The third-order valence-electron chi connectivity index (χ3n) is 8.10. The summed E-state index contributed by atoms with van der Waals surface area (Å²) >= 11 is 0. The first kappa shape index (κ1) is 41.4. The number of carbonyl (C=O) groups is 2. The maximum absolute atomic E-state index is 13.8. The van der Waals surface area contributed by atoms with Crippen molar-refractivity contribution >= 4 is 23.3 Å². The van der Waals surface area contributed by atoms with Gasteiger partial charge in [0.05, 0.1) is 58.2 Å². The zero-order chi connectivity index (χ0) is 40.8. The van der Waals surface area contributed by atoms with Crippen LogP contribution in [0.4, 0.5) is 37.7 Å². The molecule has 0 aliphatic carbocycles. The molecule has 0 atom stereocenters. The predicted octanol–water partition coefficient (Wildman–Crippen LogP) is 9.50. The fourth-order valence-electron chi connectivity index (χ4n) is 5.58. The Hall–Kier alpha value is -6.40. The van der Waals surface area contributed by atoms with Crippen molar-refractivity contribution in [1.29, 1.82) is 0 Å². The summed E-state index contributed by atoms with van der Waals surface area (Å²) in [7, 11) is 0. The Labute approximate surface area is 307 Å². The molecule has 0 fully saturated rings. The minimum Gasteiger partial charge on any atom is -0.486 e. The Morgan fingerprint density at radius 3 is 1.29 bits per heavy atom. The van der Waals surface area contributed by atoms with Crippen molar-refractivity contribution in [1.82, 2.24) is 0 Å². The molecule has 4 aromatic rings. The Balaban J connectivity index is 2.12. The molecule has 0 aromatic heterocycles. The summed E-state index contributed by atoms with van der Waals surface area (Å²) in [5.74, 6) is -4.67. The van der Waals surface area contributed by atoms with Gasteiger partial charge in [0.25, 0.3) is 0 Å². The van der Waals surface area contributed by atoms with Gasteiger partial charge < -0.3 is 24.4 Å². The van der Waals surface area contributed by atoms with E-state index in [1.165, 1.54) is 13.8 Å². The number of ether oxygens (including phenoxy) is 3. The molecule has 0 radical (unpaired) electrons. The first-order chi connectivity index (χ1) is 25.8. The van der Waals surface area contributed by atoms with Crippen molar-refractivity contribution in [3.63, 3.8) is 0 Å². The third kappa shape index (κ3) is 9.59. The van der Waals surface area contributed by atoms with Crippen LogP contribution in [-0.2, 0) is 34.8 Å². The molecule has 2 N–H and O–H groups in total. The number of hydrogen-bond acceptors (Lipinski definition) is 9. The highest BCUT2D eigenvalue weighted by atomic mass is 19.4. The fourth-order valence-corrected chi connectivity index (χ4v) is 5.58. The van der Waals surface area contributed by atoms with E-state index in [0.29, 0.717) is 12.1 Å². The first-order valence-corrected chi connectivity index (χ1v) is 16.2. The number of carboxylic acid groups (broad SMARTS) is 2. The predicted molar refractivity (Wildman–Crippen MR) is 181 cm³/mol. The van der Waals surface area contributed by atoms with Gasteiger partial charge in [-0.05, 0) is 71.5 Å². The second-order valence-corrected chi connectivity index (χ2v) is 11.6. The van der Waals surface area contributed by atoms with Crippen LogP contribution in [-0.4, -0.2) is 45.2 Å². The summed E-state index contributed by atoms with van der Waals surface area (Å²) in [5.41, 5.74) is -4.46. The number of hydrogen-bond donors (Lipinski definition) is 2. The summed E-state index contributed by atoms with van der Waals surface area (Å²) in [6, 6.07) is 8.85. The second kappa shape index (κ2) is 16.7. The lowest BCUT2D eigenvalue weighted by Crippen LogP contribution is -2.10. The SMILES string of the molecule is CCc1cc(C(F)(F)F)ccc1-c1c(Oc2ccc([N+](=O)[O-])c(OCCC(=O)O)c2-c2ccc(C(F)(F)F)cc2CC)ccc([N+](=O)[O-])c1OCCC(=O)O. The van der Waals surface area contributed by atoms with E-state index in [-0.39, 0.29) is 57.7 Å². The Kier molecular flexibility index (Phi) is 12.6. The van der Waals surface area contributed by atoms with Crippen LogP contribution in [0.2, 0.25) is 0 Å². The zero-order valence-electron chi connectivity index (χ0n) is 28.7. The third-order valence-corrected chi connectivity index (χ3v) is 8.10. The molecule has 55 heavy (non-hydrogen) atoms. The summed E-state index contributed by atoms with van der Waals surface area (Å²) in [6.45, 7) is 1.69. The average Bonchev–Trinajstić information content (AvgIpc) is 3.10. The number of nitro groups is 2. The highest BCUT2D eigenvalue weighted by Crippen LogP contribution is 2.52. The molecule has 0 aliphatic heterocycles. The van der Waals surface area contributed by atoms with Gasteiger partial charge in [-0.25, -0.2) is 0 Å². The van der Waals surface area contributed by atoms with Gasteiger partial charge in [-0.15, -0.1) is 0 Å². The van der Waals surface area contributed by atoms with Crippen LogP contribution in [0.1, 0.15) is 48.9 Å². The summed E-state index contributed by atoms with van der Waals surface area (Å²) < 4.78 is 100. The molecule has 292 valence electrons. The van der Waals surface area contributed by atoms with Crippen LogP contribution in [0.25, 0.3) is 22.3 Å². The number of alkyl halides is 6. The van der Waals surface area contributed by atoms with Gasteiger partial charge in [-0.3, -0.25) is 29.8 Å². The maximum atomic E-state index is 13.8. The van der Waals surface area contributed by atoms with E-state index >= 15 is 0 Å². The van der Waals surface area contributed by atoms with Crippen LogP contribution >= 0.6 is 0 Å². The average molecular weight is 781 g/mol. The van der Waals surface area contributed by atoms with Crippen LogP contribution in [0.5, 0.6) is 23.0 Å². The minimum absolute atomic E-state index is 0.0131. The topological polar surface area (TPSA) is 189 Å². The number of nitro benzene ring substituents is 2. The van der Waals surface area contributed by atoms with Gasteiger partial charge >= 0.3 is 35.7 Å². The Morgan fingerprint density at radius 2 is 1.00 bits per heavy atom. The monoisotopic (exact) mass is 780 g/mol. The van der Waals surface area contributed by atoms with Crippen molar-refractivity contribution in [3.8, 4) is 45.3 Å². The quantitative estimate of drug-likeness (QED) is 0.0626. The number of aliphatic carboxylic acids is 2. The molecule has 0 saturated carbocycles. The Morgan fingerprint density at radius 1 is 0.636 bits per heavy atom. The van der Waals surface area contributed by atoms with Gasteiger partial charge in [0, 0.05) is 12.1 Å². The molecule has 4 rings (SSSR count). The van der Waals surface area contributed by atoms with Crippen molar-refractivity contribution in [2.24, 2.45) is 0 Å². The van der Waals surface area contributed by atoms with Crippen LogP contribution in [0.3, 0.4) is 0 Å². The maximum Gasteiger partial charge on any atom is 0.416 e. The lowest BCUT2D eigenvalue weighted by molar-refractivity contribution is -0.385.